The molecule has 0 bridgehead atoms. The van der Waals surface area contributed by atoms with E-state index >= 15 is 0 Å². The van der Waals surface area contributed by atoms with Crippen molar-refractivity contribution in [1.29, 1.82) is 0 Å². The Balaban J connectivity index is 2.68. The first-order valence-electron chi connectivity index (χ1n) is 2.22. The van der Waals surface area contributed by atoms with Gasteiger partial charge in [-0.1, -0.05) is 24.3 Å². The van der Waals surface area contributed by atoms with Crippen LogP contribution in [-0.4, -0.2) is 10.8 Å². The molecule has 1 fully saturated rings. The summed E-state index contributed by atoms with van der Waals surface area (Å²) in [7, 11) is 0. The fraction of sp³-hybridized carbons (Fsp3) is 0.600. The predicted octanol–water partition coefficient (Wildman–Crippen LogP) is 2.19. The summed E-state index contributed by atoms with van der Waals surface area (Å²) in [4.78, 5) is 0. The zero-order valence-electron chi connectivity index (χ0n) is 4.13. The molecule has 0 aromatic carbocycles. The monoisotopic (exact) mass is 138 g/mol. The molecule has 46 valence electrons. The molecule has 1 rings (SSSR count). The molecule has 0 aromatic rings. The Bertz CT molecular complexity index is 132. The van der Waals surface area contributed by atoms with Gasteiger partial charge in [0.2, 0.25) is 5.13 Å². The van der Waals surface area contributed by atoms with Crippen LogP contribution in [0.1, 0.15) is 6.42 Å². The summed E-state index contributed by atoms with van der Waals surface area (Å²) in [6.45, 7) is 3.09. The summed E-state index contributed by atoms with van der Waals surface area (Å²) in [5, 5.41) is -2.16. The second-order valence-corrected chi connectivity index (χ2v) is 2.55. The highest BCUT2D eigenvalue weighted by Crippen LogP contribution is 2.58. The van der Waals surface area contributed by atoms with E-state index in [-0.39, 0.29) is 6.42 Å². The zero-order chi connectivity index (χ0) is 6.41. The van der Waals surface area contributed by atoms with Crippen LogP contribution in [0.3, 0.4) is 0 Å². The van der Waals surface area contributed by atoms with Crippen molar-refractivity contribution >= 4 is 11.6 Å². The first-order valence-corrected chi connectivity index (χ1v) is 2.60. The minimum Gasteiger partial charge on any atom is -0.234 e. The normalized spacial score (nSPS) is 53.4. The molecule has 0 N–H and O–H groups in total. The van der Waals surface area contributed by atoms with Crippen LogP contribution in [0.4, 0.5) is 8.78 Å². The van der Waals surface area contributed by atoms with E-state index in [9.17, 15) is 8.78 Å². The lowest BCUT2D eigenvalue weighted by Gasteiger charge is -1.95. The standard InChI is InChI=1S/C5H5ClF2/c1-2-4(7)3-5(4,6)8/h2H,1,3H2. The maximum atomic E-state index is 12.4. The number of allylic oxidation sites excluding steroid dienone is 1. The summed E-state index contributed by atoms with van der Waals surface area (Å²) >= 11 is 4.94. The van der Waals surface area contributed by atoms with Crippen molar-refractivity contribution in [1.82, 2.24) is 0 Å². The predicted molar refractivity (Wildman–Crippen MR) is 28.3 cm³/mol. The van der Waals surface area contributed by atoms with Crippen molar-refractivity contribution in [3.8, 4) is 0 Å². The van der Waals surface area contributed by atoms with Crippen LogP contribution in [0.25, 0.3) is 0 Å². The highest BCUT2D eigenvalue weighted by molar-refractivity contribution is 6.26. The highest BCUT2D eigenvalue weighted by Gasteiger charge is 2.68. The smallest absolute Gasteiger partial charge is 0.224 e. The van der Waals surface area contributed by atoms with Crippen LogP contribution in [0.2, 0.25) is 0 Å². The van der Waals surface area contributed by atoms with Gasteiger partial charge in [0.15, 0.2) is 5.67 Å². The largest absolute Gasteiger partial charge is 0.234 e. The van der Waals surface area contributed by atoms with E-state index in [1.54, 1.807) is 0 Å². The van der Waals surface area contributed by atoms with Gasteiger partial charge in [-0.25, -0.2) is 8.78 Å². The third kappa shape index (κ3) is 0.558. The average Bonchev–Trinajstić information content (AvgIpc) is 2.10. The molecule has 0 aliphatic heterocycles. The number of hydrogen-bond acceptors (Lipinski definition) is 0. The Morgan fingerprint density at radius 1 is 1.62 bits per heavy atom. The second kappa shape index (κ2) is 1.24. The van der Waals surface area contributed by atoms with E-state index in [0.717, 1.165) is 6.08 Å². The highest BCUT2D eigenvalue weighted by atomic mass is 35.5. The molecule has 8 heavy (non-hydrogen) atoms. The maximum Gasteiger partial charge on any atom is 0.224 e. The van der Waals surface area contributed by atoms with Crippen molar-refractivity contribution in [3.63, 3.8) is 0 Å². The molecule has 0 spiro atoms. The zero-order valence-corrected chi connectivity index (χ0v) is 4.88. The maximum absolute atomic E-state index is 12.4. The Labute approximate surface area is 51.1 Å². The van der Waals surface area contributed by atoms with Crippen molar-refractivity contribution in [3.05, 3.63) is 12.7 Å². The molecule has 2 unspecified atom stereocenters. The first-order chi connectivity index (χ1) is 3.52. The first kappa shape index (κ1) is 6.02. The molecule has 0 aromatic heterocycles. The van der Waals surface area contributed by atoms with Crippen molar-refractivity contribution in [2.45, 2.75) is 17.2 Å². The average molecular weight is 139 g/mol. The van der Waals surface area contributed by atoms with Crippen LogP contribution >= 0.6 is 11.6 Å². The number of rotatable bonds is 1. The lowest BCUT2D eigenvalue weighted by Crippen LogP contribution is -2.05. The molecule has 0 amide bonds. The van der Waals surface area contributed by atoms with Gasteiger partial charge in [0, 0.05) is 6.42 Å². The van der Waals surface area contributed by atoms with E-state index in [1.807, 2.05) is 0 Å². The van der Waals surface area contributed by atoms with Crippen LogP contribution in [-0.2, 0) is 0 Å². The summed E-state index contributed by atoms with van der Waals surface area (Å²) in [6, 6.07) is 0. The van der Waals surface area contributed by atoms with Crippen molar-refractivity contribution in [2.75, 3.05) is 0 Å². The van der Waals surface area contributed by atoms with Gasteiger partial charge in [-0.15, -0.1) is 0 Å². The lowest BCUT2D eigenvalue weighted by molar-refractivity contribution is 0.275. The fourth-order valence-electron chi connectivity index (χ4n) is 0.500. The molecular formula is C5H5ClF2. The molecule has 0 saturated heterocycles. The van der Waals surface area contributed by atoms with Gasteiger partial charge in [0.25, 0.3) is 0 Å². The number of alkyl halides is 3. The lowest BCUT2D eigenvalue weighted by atomic mass is 10.4. The van der Waals surface area contributed by atoms with Crippen molar-refractivity contribution < 1.29 is 8.78 Å². The van der Waals surface area contributed by atoms with Gasteiger partial charge in [-0.05, 0) is 0 Å². The Hall–Kier alpha value is -0.110. The molecule has 2 atom stereocenters. The molecule has 1 aliphatic carbocycles. The Kier molecular flexibility index (Phi) is 0.932. The number of hydrogen-bond donors (Lipinski definition) is 0. The van der Waals surface area contributed by atoms with Crippen LogP contribution in [0.15, 0.2) is 12.7 Å². The molecule has 3 heteroatoms. The van der Waals surface area contributed by atoms with Gasteiger partial charge in [-0.2, -0.15) is 0 Å². The molecule has 1 aliphatic rings. The van der Waals surface area contributed by atoms with E-state index in [2.05, 4.69) is 6.58 Å². The van der Waals surface area contributed by atoms with Gasteiger partial charge in [0.1, 0.15) is 0 Å². The summed E-state index contributed by atoms with van der Waals surface area (Å²) in [5.41, 5.74) is -1.95. The van der Waals surface area contributed by atoms with Crippen LogP contribution < -0.4 is 0 Å². The minimum atomic E-state index is -2.16. The van der Waals surface area contributed by atoms with Crippen LogP contribution in [0.5, 0.6) is 0 Å². The summed E-state index contributed by atoms with van der Waals surface area (Å²) in [5.74, 6) is 0. The van der Waals surface area contributed by atoms with E-state index in [4.69, 9.17) is 11.6 Å². The van der Waals surface area contributed by atoms with Gasteiger partial charge >= 0.3 is 0 Å². The van der Waals surface area contributed by atoms with Gasteiger partial charge < -0.3 is 0 Å². The number of halogens is 3. The summed E-state index contributed by atoms with van der Waals surface area (Å²) in [6.07, 6.45) is 0.644. The fourth-order valence-corrected chi connectivity index (χ4v) is 0.772. The van der Waals surface area contributed by atoms with E-state index in [1.165, 1.54) is 0 Å². The molecule has 0 radical (unpaired) electrons. The molecule has 0 nitrogen and oxygen atoms in total. The summed E-state index contributed by atoms with van der Waals surface area (Å²) < 4.78 is 24.5. The SMILES string of the molecule is C=CC1(F)CC1(F)Cl. The Morgan fingerprint density at radius 3 is 2.00 bits per heavy atom. The second-order valence-electron chi connectivity index (χ2n) is 1.95. The molecular weight excluding hydrogens is 134 g/mol. The minimum absolute atomic E-state index is 0.259. The third-order valence-electron chi connectivity index (χ3n) is 1.29. The van der Waals surface area contributed by atoms with Gasteiger partial charge in [-0.3, -0.25) is 0 Å². The molecule has 0 heterocycles. The topological polar surface area (TPSA) is 0 Å². The molecule has 1 saturated carbocycles. The quantitative estimate of drug-likeness (QED) is 0.385. The van der Waals surface area contributed by atoms with Crippen LogP contribution in [0, 0.1) is 0 Å². The van der Waals surface area contributed by atoms with Crippen molar-refractivity contribution in [2.24, 2.45) is 0 Å². The van der Waals surface area contributed by atoms with E-state index < -0.39 is 10.8 Å². The van der Waals surface area contributed by atoms with Gasteiger partial charge in [0.05, 0.1) is 0 Å². The van der Waals surface area contributed by atoms with E-state index in [0.29, 0.717) is 0 Å². The third-order valence-corrected chi connectivity index (χ3v) is 1.73. The Morgan fingerprint density at radius 2 is 2.00 bits per heavy atom.